The van der Waals surface area contributed by atoms with Crippen LogP contribution in [0.3, 0.4) is 0 Å². The highest BCUT2D eigenvalue weighted by Gasteiger charge is 2.25. The normalized spacial score (nSPS) is 26.7. The first-order valence-corrected chi connectivity index (χ1v) is 6.38. The molecule has 0 aromatic heterocycles. The summed E-state index contributed by atoms with van der Waals surface area (Å²) in [4.78, 5) is 14.0. The van der Waals surface area contributed by atoms with Crippen molar-refractivity contribution in [2.45, 2.75) is 45.7 Å². The maximum absolute atomic E-state index is 11.7. The molecule has 1 heterocycles. The van der Waals surface area contributed by atoms with Crippen LogP contribution < -0.4 is 10.6 Å². The van der Waals surface area contributed by atoms with E-state index in [4.69, 9.17) is 0 Å². The van der Waals surface area contributed by atoms with Gasteiger partial charge in [0.2, 0.25) is 5.91 Å². The second-order valence-electron chi connectivity index (χ2n) is 4.73. The highest BCUT2D eigenvalue weighted by molar-refractivity contribution is 5.78. The minimum Gasteiger partial charge on any atom is -0.355 e. The van der Waals surface area contributed by atoms with Crippen LogP contribution in [0.4, 0.5) is 0 Å². The van der Waals surface area contributed by atoms with Crippen LogP contribution in [0.15, 0.2) is 0 Å². The zero-order valence-corrected chi connectivity index (χ0v) is 10.8. The third-order valence-corrected chi connectivity index (χ3v) is 3.19. The van der Waals surface area contributed by atoms with Crippen molar-refractivity contribution in [3.05, 3.63) is 0 Å². The lowest BCUT2D eigenvalue weighted by Crippen LogP contribution is -2.57. The number of hydrogen-bond donors (Lipinski definition) is 2. The van der Waals surface area contributed by atoms with Crippen LogP contribution in [0, 0.1) is 0 Å². The standard InChI is InChI=1S/C12H25N3O/c1-4-5-6-14-12(16)9-15-10(2)7-13-8-11(15)3/h10-11,13H,4-9H2,1-3H3,(H,14,16). The fraction of sp³-hybridized carbons (Fsp3) is 0.917. The zero-order valence-electron chi connectivity index (χ0n) is 10.8. The maximum Gasteiger partial charge on any atom is 0.234 e. The summed E-state index contributed by atoms with van der Waals surface area (Å²) < 4.78 is 0. The average Bonchev–Trinajstić information content (AvgIpc) is 2.24. The Hall–Kier alpha value is -0.610. The number of rotatable bonds is 5. The Bertz CT molecular complexity index is 210. The Kier molecular flexibility index (Phi) is 5.77. The van der Waals surface area contributed by atoms with Crippen LogP contribution >= 0.6 is 0 Å². The summed E-state index contributed by atoms with van der Waals surface area (Å²) >= 11 is 0. The molecule has 4 nitrogen and oxygen atoms in total. The van der Waals surface area contributed by atoms with Crippen LogP contribution in [0.25, 0.3) is 0 Å². The van der Waals surface area contributed by atoms with E-state index in [0.29, 0.717) is 18.6 Å². The SMILES string of the molecule is CCCCNC(=O)CN1C(C)CNCC1C. The molecule has 0 aromatic rings. The first kappa shape index (κ1) is 13.5. The van der Waals surface area contributed by atoms with Crippen molar-refractivity contribution in [1.82, 2.24) is 15.5 Å². The topological polar surface area (TPSA) is 44.4 Å². The minimum atomic E-state index is 0.161. The van der Waals surface area contributed by atoms with Gasteiger partial charge in [-0.05, 0) is 20.3 Å². The Labute approximate surface area is 98.8 Å². The summed E-state index contributed by atoms with van der Waals surface area (Å²) in [6.07, 6.45) is 2.19. The monoisotopic (exact) mass is 227 g/mol. The molecule has 0 bridgehead atoms. The lowest BCUT2D eigenvalue weighted by molar-refractivity contribution is -0.123. The van der Waals surface area contributed by atoms with Gasteiger partial charge in [0.1, 0.15) is 0 Å². The number of unbranched alkanes of at least 4 members (excludes halogenated alkanes) is 1. The van der Waals surface area contributed by atoms with Gasteiger partial charge in [0.05, 0.1) is 6.54 Å². The van der Waals surface area contributed by atoms with Crippen molar-refractivity contribution in [3.63, 3.8) is 0 Å². The average molecular weight is 227 g/mol. The van der Waals surface area contributed by atoms with Crippen molar-refractivity contribution in [1.29, 1.82) is 0 Å². The molecule has 1 fully saturated rings. The van der Waals surface area contributed by atoms with Crippen LogP contribution in [0.2, 0.25) is 0 Å². The van der Waals surface area contributed by atoms with Gasteiger partial charge in [-0.15, -0.1) is 0 Å². The van der Waals surface area contributed by atoms with Crippen molar-refractivity contribution < 1.29 is 4.79 Å². The summed E-state index contributed by atoms with van der Waals surface area (Å²) in [6.45, 7) is 9.77. The molecule has 1 rings (SSSR count). The van der Waals surface area contributed by atoms with Crippen molar-refractivity contribution in [3.8, 4) is 0 Å². The van der Waals surface area contributed by atoms with E-state index in [1.807, 2.05) is 0 Å². The second-order valence-corrected chi connectivity index (χ2v) is 4.73. The molecular formula is C12H25N3O. The van der Waals surface area contributed by atoms with E-state index < -0.39 is 0 Å². The van der Waals surface area contributed by atoms with Crippen LogP contribution in [-0.4, -0.2) is 49.1 Å². The van der Waals surface area contributed by atoms with Gasteiger partial charge in [0.25, 0.3) is 0 Å². The molecular weight excluding hydrogens is 202 g/mol. The van der Waals surface area contributed by atoms with Gasteiger partial charge in [0.15, 0.2) is 0 Å². The number of nitrogens with zero attached hydrogens (tertiary/aromatic N) is 1. The fourth-order valence-corrected chi connectivity index (χ4v) is 2.11. The molecule has 0 spiro atoms. The first-order chi connectivity index (χ1) is 7.65. The molecule has 0 saturated carbocycles. The molecule has 0 aromatic carbocycles. The Morgan fingerprint density at radius 2 is 2.00 bits per heavy atom. The molecule has 1 saturated heterocycles. The molecule has 94 valence electrons. The van der Waals surface area contributed by atoms with Gasteiger partial charge >= 0.3 is 0 Å². The Morgan fingerprint density at radius 3 is 2.56 bits per heavy atom. The summed E-state index contributed by atoms with van der Waals surface area (Å²) in [6, 6.07) is 0.890. The Balaban J connectivity index is 2.30. The molecule has 1 aliphatic rings. The van der Waals surface area contributed by atoms with Crippen molar-refractivity contribution in [2.75, 3.05) is 26.2 Å². The van der Waals surface area contributed by atoms with E-state index in [1.165, 1.54) is 0 Å². The minimum absolute atomic E-state index is 0.161. The summed E-state index contributed by atoms with van der Waals surface area (Å²) in [7, 11) is 0. The van der Waals surface area contributed by atoms with Crippen LogP contribution in [-0.2, 0) is 4.79 Å². The van der Waals surface area contributed by atoms with Crippen LogP contribution in [0.5, 0.6) is 0 Å². The lowest BCUT2D eigenvalue weighted by atomic mass is 10.1. The van der Waals surface area contributed by atoms with E-state index in [2.05, 4.69) is 36.3 Å². The van der Waals surface area contributed by atoms with Crippen molar-refractivity contribution in [2.24, 2.45) is 0 Å². The van der Waals surface area contributed by atoms with E-state index >= 15 is 0 Å². The molecule has 4 heteroatoms. The lowest BCUT2D eigenvalue weighted by Gasteiger charge is -2.38. The summed E-state index contributed by atoms with van der Waals surface area (Å²) in [5, 5.41) is 6.34. The van der Waals surface area contributed by atoms with Gasteiger partial charge in [-0.25, -0.2) is 0 Å². The van der Waals surface area contributed by atoms with Crippen molar-refractivity contribution >= 4 is 5.91 Å². The van der Waals surface area contributed by atoms with Gasteiger partial charge in [0, 0.05) is 31.7 Å². The van der Waals surface area contributed by atoms with E-state index in [-0.39, 0.29) is 5.91 Å². The molecule has 16 heavy (non-hydrogen) atoms. The smallest absolute Gasteiger partial charge is 0.234 e. The predicted octanol–water partition coefficient (Wildman–Crippen LogP) is 0.585. The number of nitrogens with one attached hydrogen (secondary N) is 2. The molecule has 2 atom stereocenters. The molecule has 0 radical (unpaired) electrons. The summed E-state index contributed by atoms with van der Waals surface area (Å²) in [5.41, 5.74) is 0. The fourth-order valence-electron chi connectivity index (χ4n) is 2.11. The number of hydrogen-bond acceptors (Lipinski definition) is 3. The van der Waals surface area contributed by atoms with Crippen LogP contribution in [0.1, 0.15) is 33.6 Å². The number of amides is 1. The van der Waals surface area contributed by atoms with Gasteiger partial charge in [-0.3, -0.25) is 9.69 Å². The molecule has 1 aliphatic heterocycles. The van der Waals surface area contributed by atoms with Gasteiger partial charge in [-0.2, -0.15) is 0 Å². The predicted molar refractivity (Wildman–Crippen MR) is 66.4 cm³/mol. The van der Waals surface area contributed by atoms with Gasteiger partial charge in [-0.1, -0.05) is 13.3 Å². The third-order valence-electron chi connectivity index (χ3n) is 3.19. The number of carbonyl (C=O) groups excluding carboxylic acids is 1. The van der Waals surface area contributed by atoms with E-state index in [9.17, 15) is 4.79 Å². The third kappa shape index (κ3) is 4.10. The first-order valence-electron chi connectivity index (χ1n) is 6.38. The maximum atomic E-state index is 11.7. The van der Waals surface area contributed by atoms with E-state index in [0.717, 1.165) is 32.5 Å². The number of carbonyl (C=O) groups is 1. The van der Waals surface area contributed by atoms with E-state index in [1.54, 1.807) is 0 Å². The molecule has 2 N–H and O–H groups in total. The highest BCUT2D eigenvalue weighted by Crippen LogP contribution is 2.08. The highest BCUT2D eigenvalue weighted by atomic mass is 16.2. The number of piperazine rings is 1. The zero-order chi connectivity index (χ0) is 12.0. The van der Waals surface area contributed by atoms with Gasteiger partial charge < -0.3 is 10.6 Å². The molecule has 1 amide bonds. The molecule has 2 unspecified atom stereocenters. The summed E-state index contributed by atoms with van der Waals surface area (Å²) in [5.74, 6) is 0.161. The largest absolute Gasteiger partial charge is 0.355 e. The second kappa shape index (κ2) is 6.86. The quantitative estimate of drug-likeness (QED) is 0.676. The Morgan fingerprint density at radius 1 is 1.38 bits per heavy atom. The molecule has 0 aliphatic carbocycles.